The number of phosphoric acid groups is 1. The van der Waals surface area contributed by atoms with E-state index in [0.717, 1.165) is 48.5 Å². The van der Waals surface area contributed by atoms with Crippen molar-refractivity contribution in [3.05, 3.63) is 72.1 Å². The second-order valence-electron chi connectivity index (χ2n) is 9.91. The Morgan fingerprint density at radius 3 is 2.18 bits per heavy atom. The number of unbranched alkanes of at least 4 members (excludes halogenated alkanes) is 1. The number of carbonyl (C=O) groups is 1. The molecule has 10 nitrogen and oxygen atoms in total. The number of esters is 1. The van der Waals surface area contributed by atoms with Crippen molar-refractivity contribution in [1.29, 1.82) is 0 Å². The van der Waals surface area contributed by atoms with Crippen LogP contribution < -0.4 is 20.6 Å². The van der Waals surface area contributed by atoms with Crippen LogP contribution in [0, 0.1) is 0 Å². The number of anilines is 1. The summed E-state index contributed by atoms with van der Waals surface area (Å²) in [5, 5.41) is 2.36. The second-order valence-corrected chi connectivity index (χ2v) is 11.1. The molecule has 0 aromatic heterocycles. The summed E-state index contributed by atoms with van der Waals surface area (Å²) in [5.41, 5.74) is 10.2. The third-order valence-electron chi connectivity index (χ3n) is 7.27. The van der Waals surface area contributed by atoms with Gasteiger partial charge in [0, 0.05) is 53.8 Å². The number of rotatable bonds is 12. The van der Waals surface area contributed by atoms with E-state index in [9.17, 15) is 9.36 Å². The van der Waals surface area contributed by atoms with Gasteiger partial charge in [0.25, 0.3) is 0 Å². The van der Waals surface area contributed by atoms with Crippen LogP contribution >= 0.6 is 7.82 Å². The second kappa shape index (κ2) is 19.1. The lowest BCUT2D eigenvalue weighted by atomic mass is 9.93. The van der Waals surface area contributed by atoms with Crippen molar-refractivity contribution < 1.29 is 32.8 Å². The van der Waals surface area contributed by atoms with Crippen LogP contribution in [-0.2, 0) is 18.6 Å². The van der Waals surface area contributed by atoms with E-state index < -0.39 is 7.82 Å². The number of carbonyl (C=O) groups excluding carboxylic acids is 1. The molecule has 0 spiro atoms. The highest BCUT2D eigenvalue weighted by atomic mass is 31.2. The Kier molecular flexibility index (Phi) is 16.0. The molecular formula is C34H49N3O7P+. The Hall–Kier alpha value is -3.53. The fourth-order valence-corrected chi connectivity index (χ4v) is 5.38. The maximum absolute atomic E-state index is 10.6. The summed E-state index contributed by atoms with van der Waals surface area (Å²) in [4.78, 5) is 29.4. The van der Waals surface area contributed by atoms with Gasteiger partial charge in [-0.3, -0.25) is 9.32 Å². The fourth-order valence-electron chi connectivity index (χ4n) is 5.01. The standard InChI is InChI=1S/C27H31N2O.C6H13O6P.CH5N/c1-5-28(6-2)21-14-16-23-25(18-21)30-26-19-22(29(7-3)8-4)15-17-24(26)27(23)20-12-10-9-11-13-20;1-11-6(7)4-2-3-5-12-13(8,9)10;1-2/h9-19H,5-8H2,1-4H3;2-5H2,1H3,(H2,8,9,10);2H2,1H3/q+1;;. The predicted octanol–water partition coefficient (Wildman–Crippen LogP) is 5.88. The summed E-state index contributed by atoms with van der Waals surface area (Å²) >= 11 is 0. The third-order valence-corrected chi connectivity index (χ3v) is 7.79. The van der Waals surface area contributed by atoms with Gasteiger partial charge in [-0.05, 0) is 71.3 Å². The zero-order valence-corrected chi connectivity index (χ0v) is 28.3. The maximum Gasteiger partial charge on any atom is 0.469 e. The number of benzene rings is 3. The molecule has 2 aromatic rings. The van der Waals surface area contributed by atoms with Crippen LogP contribution in [0.15, 0.2) is 71.1 Å². The Morgan fingerprint density at radius 2 is 1.60 bits per heavy atom. The highest BCUT2D eigenvalue weighted by Crippen LogP contribution is 2.40. The van der Waals surface area contributed by atoms with Gasteiger partial charge in [0.15, 0.2) is 0 Å². The van der Waals surface area contributed by atoms with Gasteiger partial charge in [-0.25, -0.2) is 9.14 Å². The molecule has 0 saturated carbocycles. The average molecular weight is 643 g/mol. The smallest absolute Gasteiger partial charge is 0.469 e. The molecule has 4 N–H and O–H groups in total. The molecular weight excluding hydrogens is 593 g/mol. The van der Waals surface area contributed by atoms with E-state index in [0.29, 0.717) is 12.8 Å². The quantitative estimate of drug-likeness (QED) is 0.0569. The lowest BCUT2D eigenvalue weighted by Crippen LogP contribution is -2.29. The molecule has 0 fully saturated rings. The van der Waals surface area contributed by atoms with Gasteiger partial charge in [-0.2, -0.15) is 0 Å². The van der Waals surface area contributed by atoms with Gasteiger partial charge in [0.1, 0.15) is 24.4 Å². The van der Waals surface area contributed by atoms with Gasteiger partial charge in [0.05, 0.1) is 19.8 Å². The molecule has 1 heterocycles. The molecule has 2 aliphatic rings. The monoisotopic (exact) mass is 642 g/mol. The lowest BCUT2D eigenvalue weighted by Gasteiger charge is -2.22. The molecule has 246 valence electrons. The van der Waals surface area contributed by atoms with Crippen molar-refractivity contribution in [3.8, 4) is 22.5 Å². The normalized spacial score (nSPS) is 10.9. The number of fused-ring (bicyclic) bond motifs is 2. The Labute approximate surface area is 266 Å². The largest absolute Gasteiger partial charge is 0.469 e. The molecule has 1 aliphatic heterocycles. The van der Waals surface area contributed by atoms with E-state index in [2.05, 4.69) is 119 Å². The summed E-state index contributed by atoms with van der Waals surface area (Å²) in [5.74, 6) is 0.596. The highest BCUT2D eigenvalue weighted by molar-refractivity contribution is 7.46. The van der Waals surface area contributed by atoms with E-state index in [-0.39, 0.29) is 19.0 Å². The van der Waals surface area contributed by atoms with Gasteiger partial charge in [-0.15, -0.1) is 0 Å². The number of methoxy groups -OCH3 is 1. The van der Waals surface area contributed by atoms with Gasteiger partial charge < -0.3 is 29.6 Å². The fraction of sp³-hybridized carbons (Fsp3) is 0.412. The van der Waals surface area contributed by atoms with Crippen molar-refractivity contribution in [1.82, 2.24) is 4.58 Å². The lowest BCUT2D eigenvalue weighted by molar-refractivity contribution is -0.140. The molecule has 4 rings (SSSR count). The summed E-state index contributed by atoms with van der Waals surface area (Å²) in [6, 6.07) is 23.9. The summed E-state index contributed by atoms with van der Waals surface area (Å²) < 4.78 is 27.6. The first-order valence-electron chi connectivity index (χ1n) is 15.4. The number of ether oxygens (including phenoxy) is 1. The van der Waals surface area contributed by atoms with Crippen molar-refractivity contribution >= 4 is 30.4 Å². The summed E-state index contributed by atoms with van der Waals surface area (Å²) in [6.07, 6.45) is 1.15. The number of phosphoric ester groups is 1. The van der Waals surface area contributed by atoms with Crippen molar-refractivity contribution in [2.45, 2.75) is 47.0 Å². The van der Waals surface area contributed by atoms with Crippen LogP contribution in [0.25, 0.3) is 33.4 Å². The molecule has 0 unspecified atom stereocenters. The predicted molar refractivity (Wildman–Crippen MR) is 182 cm³/mol. The molecule has 0 bridgehead atoms. The zero-order valence-electron chi connectivity index (χ0n) is 27.4. The SMILES string of the molecule is CCN(CC)c1ccc2c(-c3ccccc3)c3ccc(=[N+](CC)CC)cc-3oc2c1.CN.COC(=O)CCCCOP(=O)(O)O. The van der Waals surface area contributed by atoms with Crippen LogP contribution in [0.4, 0.5) is 5.69 Å². The number of hydrogen-bond acceptors (Lipinski definition) is 7. The maximum atomic E-state index is 10.6. The first-order chi connectivity index (χ1) is 21.6. The van der Waals surface area contributed by atoms with Gasteiger partial charge in [0.2, 0.25) is 5.36 Å². The van der Waals surface area contributed by atoms with Crippen molar-refractivity contribution in [3.63, 3.8) is 0 Å². The minimum Gasteiger partial charge on any atom is -0.469 e. The number of nitrogens with two attached hydrogens (primary N) is 1. The summed E-state index contributed by atoms with van der Waals surface area (Å²) in [6.45, 7) is 12.6. The highest BCUT2D eigenvalue weighted by Gasteiger charge is 2.19. The van der Waals surface area contributed by atoms with E-state index >= 15 is 0 Å². The molecule has 0 atom stereocenters. The molecule has 2 aromatic carbocycles. The van der Waals surface area contributed by atoms with Gasteiger partial charge >= 0.3 is 13.8 Å². The molecule has 11 heteroatoms. The third kappa shape index (κ3) is 11.1. The van der Waals surface area contributed by atoms with Crippen molar-refractivity contribution in [2.75, 3.05) is 51.8 Å². The van der Waals surface area contributed by atoms with E-state index in [1.807, 2.05) is 0 Å². The molecule has 0 radical (unpaired) electrons. The minimum absolute atomic E-state index is 0.0543. The molecule has 45 heavy (non-hydrogen) atoms. The van der Waals surface area contributed by atoms with Crippen LogP contribution in [0.3, 0.4) is 0 Å². The van der Waals surface area contributed by atoms with Crippen LogP contribution in [0.2, 0.25) is 0 Å². The Bertz CT molecular complexity index is 1560. The van der Waals surface area contributed by atoms with Crippen LogP contribution in [0.1, 0.15) is 47.0 Å². The van der Waals surface area contributed by atoms with E-state index in [1.54, 1.807) is 0 Å². The van der Waals surface area contributed by atoms with Crippen LogP contribution in [0.5, 0.6) is 0 Å². The van der Waals surface area contributed by atoms with E-state index in [1.165, 1.54) is 36.3 Å². The first-order valence-corrected chi connectivity index (χ1v) is 16.9. The molecule has 0 saturated heterocycles. The Morgan fingerprint density at radius 1 is 0.933 bits per heavy atom. The Balaban J connectivity index is 0.000000398. The summed E-state index contributed by atoms with van der Waals surface area (Å²) in [7, 11) is -1.57. The number of nitrogens with zero attached hydrogens (tertiary/aromatic N) is 2. The first kappa shape index (κ1) is 37.7. The molecule has 1 aliphatic carbocycles. The number of hydrogen-bond donors (Lipinski definition) is 3. The van der Waals surface area contributed by atoms with Gasteiger partial charge in [-0.1, -0.05) is 30.3 Å². The minimum atomic E-state index is -4.35. The topological polar surface area (TPSA) is 138 Å². The average Bonchev–Trinajstić information content (AvgIpc) is 3.05. The van der Waals surface area contributed by atoms with Crippen LogP contribution in [-0.4, -0.2) is 62.7 Å². The zero-order chi connectivity index (χ0) is 33.4. The van der Waals surface area contributed by atoms with E-state index in [4.69, 9.17) is 14.2 Å². The molecule has 0 amide bonds. The van der Waals surface area contributed by atoms with Crippen molar-refractivity contribution in [2.24, 2.45) is 5.73 Å².